The second-order valence-electron chi connectivity index (χ2n) is 5.06. The molecule has 0 saturated heterocycles. The van der Waals surface area contributed by atoms with E-state index in [2.05, 4.69) is 27.5 Å². The van der Waals surface area contributed by atoms with Gasteiger partial charge in [-0.25, -0.2) is 0 Å². The van der Waals surface area contributed by atoms with Crippen LogP contribution in [0.15, 0.2) is 17.6 Å². The van der Waals surface area contributed by atoms with Gasteiger partial charge in [-0.3, -0.25) is 9.79 Å². The van der Waals surface area contributed by atoms with E-state index in [-0.39, 0.29) is 11.8 Å². The first-order valence-corrected chi connectivity index (χ1v) is 7.68. The predicted octanol–water partition coefficient (Wildman–Crippen LogP) is 1.42. The van der Waals surface area contributed by atoms with E-state index in [9.17, 15) is 4.79 Å². The van der Waals surface area contributed by atoms with Crippen molar-refractivity contribution in [3.8, 4) is 0 Å². The molecule has 1 saturated carbocycles. The SMILES string of the molecule is C=CCNC(=NCCNC(=O)C1CCCCC1)NCC. The second kappa shape index (κ2) is 10.3. The highest BCUT2D eigenvalue weighted by Gasteiger charge is 2.20. The van der Waals surface area contributed by atoms with E-state index in [4.69, 9.17) is 0 Å². The number of hydrogen-bond acceptors (Lipinski definition) is 2. The van der Waals surface area contributed by atoms with Gasteiger partial charge in [-0.15, -0.1) is 6.58 Å². The third-order valence-corrected chi connectivity index (χ3v) is 3.41. The van der Waals surface area contributed by atoms with Crippen molar-refractivity contribution >= 4 is 11.9 Å². The van der Waals surface area contributed by atoms with Gasteiger partial charge in [0.15, 0.2) is 5.96 Å². The third-order valence-electron chi connectivity index (χ3n) is 3.41. The molecule has 0 aromatic rings. The molecule has 20 heavy (non-hydrogen) atoms. The molecule has 0 aliphatic heterocycles. The predicted molar refractivity (Wildman–Crippen MR) is 83.8 cm³/mol. The molecule has 3 N–H and O–H groups in total. The van der Waals surface area contributed by atoms with Gasteiger partial charge in [-0.2, -0.15) is 0 Å². The number of guanidine groups is 1. The van der Waals surface area contributed by atoms with E-state index in [0.717, 1.165) is 25.3 Å². The first-order chi connectivity index (χ1) is 9.77. The van der Waals surface area contributed by atoms with Crippen LogP contribution in [0.5, 0.6) is 0 Å². The molecule has 0 heterocycles. The summed E-state index contributed by atoms with van der Waals surface area (Å²) in [5, 5.41) is 9.26. The summed E-state index contributed by atoms with van der Waals surface area (Å²) in [4.78, 5) is 16.3. The fraction of sp³-hybridized carbons (Fsp3) is 0.733. The van der Waals surface area contributed by atoms with Crippen LogP contribution >= 0.6 is 0 Å². The summed E-state index contributed by atoms with van der Waals surface area (Å²) >= 11 is 0. The molecule has 0 radical (unpaired) electrons. The Morgan fingerprint density at radius 2 is 2.00 bits per heavy atom. The van der Waals surface area contributed by atoms with Crippen LogP contribution < -0.4 is 16.0 Å². The smallest absolute Gasteiger partial charge is 0.223 e. The van der Waals surface area contributed by atoms with Gasteiger partial charge in [0.2, 0.25) is 5.91 Å². The van der Waals surface area contributed by atoms with Crippen LogP contribution in [0.4, 0.5) is 0 Å². The minimum atomic E-state index is 0.198. The maximum Gasteiger partial charge on any atom is 0.223 e. The first-order valence-electron chi connectivity index (χ1n) is 7.68. The monoisotopic (exact) mass is 280 g/mol. The summed E-state index contributed by atoms with van der Waals surface area (Å²) < 4.78 is 0. The lowest BCUT2D eigenvalue weighted by molar-refractivity contribution is -0.125. The van der Waals surface area contributed by atoms with Crippen molar-refractivity contribution in [1.29, 1.82) is 0 Å². The molecule has 5 nitrogen and oxygen atoms in total. The van der Waals surface area contributed by atoms with Crippen molar-refractivity contribution in [1.82, 2.24) is 16.0 Å². The first kappa shape index (κ1) is 16.5. The summed E-state index contributed by atoms with van der Waals surface area (Å²) in [6.07, 6.45) is 7.52. The average Bonchev–Trinajstić information content (AvgIpc) is 2.49. The molecule has 1 aliphatic carbocycles. The number of nitrogens with one attached hydrogen (secondary N) is 3. The molecule has 0 aromatic heterocycles. The van der Waals surface area contributed by atoms with Gasteiger partial charge in [0.05, 0.1) is 6.54 Å². The van der Waals surface area contributed by atoms with Crippen LogP contribution in [-0.4, -0.2) is 38.0 Å². The van der Waals surface area contributed by atoms with Gasteiger partial charge in [0.25, 0.3) is 0 Å². The van der Waals surface area contributed by atoms with Crippen molar-refractivity contribution in [2.24, 2.45) is 10.9 Å². The lowest BCUT2D eigenvalue weighted by atomic mass is 9.89. The van der Waals surface area contributed by atoms with E-state index < -0.39 is 0 Å². The lowest BCUT2D eigenvalue weighted by Crippen LogP contribution is -2.38. The number of nitrogens with zero attached hydrogens (tertiary/aromatic N) is 1. The molecule has 1 amide bonds. The average molecular weight is 280 g/mol. The minimum absolute atomic E-state index is 0.198. The third kappa shape index (κ3) is 6.59. The quantitative estimate of drug-likeness (QED) is 0.286. The van der Waals surface area contributed by atoms with Crippen molar-refractivity contribution in [3.63, 3.8) is 0 Å². The van der Waals surface area contributed by atoms with Crippen molar-refractivity contribution < 1.29 is 4.79 Å². The van der Waals surface area contributed by atoms with Crippen LogP contribution in [-0.2, 0) is 4.79 Å². The zero-order valence-electron chi connectivity index (χ0n) is 12.6. The molecule has 0 unspecified atom stereocenters. The Bertz CT molecular complexity index is 322. The van der Waals surface area contributed by atoms with Crippen molar-refractivity contribution in [2.45, 2.75) is 39.0 Å². The Hall–Kier alpha value is -1.52. The van der Waals surface area contributed by atoms with Crippen molar-refractivity contribution in [3.05, 3.63) is 12.7 Å². The largest absolute Gasteiger partial charge is 0.357 e. The van der Waals surface area contributed by atoms with Crippen molar-refractivity contribution in [2.75, 3.05) is 26.2 Å². The minimum Gasteiger partial charge on any atom is -0.357 e. The molecule has 114 valence electrons. The van der Waals surface area contributed by atoms with E-state index in [0.29, 0.717) is 19.6 Å². The maximum absolute atomic E-state index is 11.9. The molecule has 1 fully saturated rings. The molecule has 0 bridgehead atoms. The van der Waals surface area contributed by atoms with Gasteiger partial charge in [-0.1, -0.05) is 25.3 Å². The normalized spacial score (nSPS) is 16.6. The Labute approximate surface area is 122 Å². The van der Waals surface area contributed by atoms with E-state index in [1.165, 1.54) is 19.3 Å². The highest BCUT2D eigenvalue weighted by molar-refractivity contribution is 5.80. The van der Waals surface area contributed by atoms with Crippen LogP contribution in [0, 0.1) is 5.92 Å². The van der Waals surface area contributed by atoms with Crippen LogP contribution in [0.3, 0.4) is 0 Å². The molecule has 5 heteroatoms. The number of rotatable bonds is 7. The number of hydrogen-bond donors (Lipinski definition) is 3. The zero-order chi connectivity index (χ0) is 14.6. The van der Waals surface area contributed by atoms with Crippen LogP contribution in [0.1, 0.15) is 39.0 Å². The van der Waals surface area contributed by atoms with E-state index in [1.807, 2.05) is 6.92 Å². The maximum atomic E-state index is 11.9. The Morgan fingerprint density at radius 3 is 2.65 bits per heavy atom. The Balaban J connectivity index is 2.23. The molecule has 0 atom stereocenters. The number of carbonyl (C=O) groups excluding carboxylic acids is 1. The van der Waals surface area contributed by atoms with Crippen LogP contribution in [0.2, 0.25) is 0 Å². The molecule has 1 rings (SSSR count). The summed E-state index contributed by atoms with van der Waals surface area (Å²) in [6, 6.07) is 0. The number of amides is 1. The summed E-state index contributed by atoms with van der Waals surface area (Å²) in [6.45, 7) is 8.37. The lowest BCUT2D eigenvalue weighted by Gasteiger charge is -2.20. The Morgan fingerprint density at radius 1 is 1.25 bits per heavy atom. The molecular formula is C15H28N4O. The molecule has 0 aromatic carbocycles. The van der Waals surface area contributed by atoms with Gasteiger partial charge in [-0.05, 0) is 19.8 Å². The second-order valence-corrected chi connectivity index (χ2v) is 5.06. The summed E-state index contributed by atoms with van der Waals surface area (Å²) in [7, 11) is 0. The van der Waals surface area contributed by atoms with Gasteiger partial charge >= 0.3 is 0 Å². The molecular weight excluding hydrogens is 252 g/mol. The molecule has 0 spiro atoms. The van der Waals surface area contributed by atoms with Crippen LogP contribution in [0.25, 0.3) is 0 Å². The van der Waals surface area contributed by atoms with E-state index >= 15 is 0 Å². The Kier molecular flexibility index (Phi) is 8.51. The van der Waals surface area contributed by atoms with E-state index in [1.54, 1.807) is 6.08 Å². The fourth-order valence-corrected chi connectivity index (χ4v) is 2.37. The van der Waals surface area contributed by atoms with Gasteiger partial charge in [0.1, 0.15) is 0 Å². The zero-order valence-corrected chi connectivity index (χ0v) is 12.6. The fourth-order valence-electron chi connectivity index (χ4n) is 2.37. The molecule has 1 aliphatic rings. The summed E-state index contributed by atoms with van der Waals surface area (Å²) in [5.74, 6) is 1.18. The van der Waals surface area contributed by atoms with Gasteiger partial charge < -0.3 is 16.0 Å². The standard InChI is InChI=1S/C15H28N4O/c1-3-10-18-15(16-4-2)19-12-11-17-14(20)13-8-6-5-7-9-13/h3,13H,1,4-12H2,2H3,(H,17,20)(H2,16,18,19). The highest BCUT2D eigenvalue weighted by atomic mass is 16.1. The number of aliphatic imine (C=N–C) groups is 1. The van der Waals surface area contributed by atoms with Gasteiger partial charge in [0, 0.05) is 25.6 Å². The topological polar surface area (TPSA) is 65.5 Å². The highest BCUT2D eigenvalue weighted by Crippen LogP contribution is 2.23. The number of carbonyl (C=O) groups is 1. The summed E-state index contributed by atoms with van der Waals surface area (Å²) in [5.41, 5.74) is 0.